The van der Waals surface area contributed by atoms with Gasteiger partial charge in [0.2, 0.25) is 0 Å². The zero-order chi connectivity index (χ0) is 13.2. The van der Waals surface area contributed by atoms with E-state index in [0.717, 1.165) is 29.0 Å². The van der Waals surface area contributed by atoms with Crippen molar-refractivity contribution in [1.82, 2.24) is 4.98 Å². The maximum Gasteiger partial charge on any atom is 0.197 e. The number of nitrogens with zero attached hydrogens (tertiary/aromatic N) is 1. The van der Waals surface area contributed by atoms with Crippen molar-refractivity contribution in [2.24, 2.45) is 0 Å². The second kappa shape index (κ2) is 5.10. The number of alkyl halides is 1. The Hall–Kier alpha value is -1.74. The van der Waals surface area contributed by atoms with Crippen molar-refractivity contribution in [1.29, 1.82) is 0 Å². The van der Waals surface area contributed by atoms with E-state index >= 15 is 0 Å². The van der Waals surface area contributed by atoms with Crippen molar-refractivity contribution >= 4 is 22.7 Å². The van der Waals surface area contributed by atoms with Crippen LogP contribution in [0.15, 0.2) is 45.2 Å². The van der Waals surface area contributed by atoms with Gasteiger partial charge in [0.25, 0.3) is 0 Å². The van der Waals surface area contributed by atoms with Crippen LogP contribution in [0.4, 0.5) is 0 Å². The molecule has 0 aliphatic carbocycles. The van der Waals surface area contributed by atoms with Gasteiger partial charge in [-0.1, -0.05) is 19.1 Å². The Morgan fingerprint density at radius 3 is 2.74 bits per heavy atom. The number of rotatable bonds is 4. The molecule has 3 nitrogen and oxygen atoms in total. The summed E-state index contributed by atoms with van der Waals surface area (Å²) in [5, 5.41) is -0.256. The highest BCUT2D eigenvalue weighted by Crippen LogP contribution is 2.28. The lowest BCUT2D eigenvalue weighted by Crippen LogP contribution is -1.94. The minimum absolute atomic E-state index is 0.256. The van der Waals surface area contributed by atoms with E-state index in [0.29, 0.717) is 12.3 Å². The van der Waals surface area contributed by atoms with Crippen molar-refractivity contribution < 1.29 is 8.83 Å². The second-order valence-corrected chi connectivity index (χ2v) is 4.93. The lowest BCUT2D eigenvalue weighted by Gasteiger charge is -2.02. The fourth-order valence-corrected chi connectivity index (χ4v) is 2.26. The van der Waals surface area contributed by atoms with Crippen LogP contribution in [0.2, 0.25) is 0 Å². The van der Waals surface area contributed by atoms with Crippen molar-refractivity contribution in [3.8, 4) is 0 Å². The Labute approximate surface area is 116 Å². The molecule has 1 unspecified atom stereocenters. The number of hydrogen-bond acceptors (Lipinski definition) is 3. The molecule has 3 aromatic rings. The molecule has 1 atom stereocenters. The van der Waals surface area contributed by atoms with E-state index in [1.807, 2.05) is 43.3 Å². The van der Waals surface area contributed by atoms with Gasteiger partial charge in [-0.25, -0.2) is 4.98 Å². The molecule has 0 spiro atoms. The smallest absolute Gasteiger partial charge is 0.197 e. The lowest BCUT2D eigenvalue weighted by molar-refractivity contribution is 0.448. The molecule has 4 heteroatoms. The molecular formula is C15H14ClNO2. The number of hydrogen-bond donors (Lipinski definition) is 0. The van der Waals surface area contributed by atoms with Crippen LogP contribution in [0, 0.1) is 0 Å². The number of aromatic nitrogens is 1. The Bertz CT molecular complexity index is 653. The first kappa shape index (κ1) is 12.3. The summed E-state index contributed by atoms with van der Waals surface area (Å²) >= 11 is 6.34. The number of oxazole rings is 1. The molecule has 0 N–H and O–H groups in total. The zero-order valence-electron chi connectivity index (χ0n) is 10.6. The summed E-state index contributed by atoms with van der Waals surface area (Å²) in [6, 6.07) is 11.6. The molecule has 0 saturated carbocycles. The zero-order valence-corrected chi connectivity index (χ0v) is 11.4. The molecule has 98 valence electrons. The molecule has 0 aliphatic rings. The van der Waals surface area contributed by atoms with Crippen molar-refractivity contribution in [2.75, 3.05) is 0 Å². The fraction of sp³-hybridized carbons (Fsp3) is 0.267. The average molecular weight is 276 g/mol. The van der Waals surface area contributed by atoms with E-state index in [9.17, 15) is 0 Å². The first-order valence-electron chi connectivity index (χ1n) is 6.33. The molecule has 0 amide bonds. The number of halogens is 1. The predicted octanol–water partition coefficient (Wildman–Crippen LogP) is 4.51. The monoisotopic (exact) mass is 275 g/mol. The van der Waals surface area contributed by atoms with Gasteiger partial charge in [-0.3, -0.25) is 0 Å². The molecule has 2 heterocycles. The molecule has 0 fully saturated rings. The van der Waals surface area contributed by atoms with Gasteiger partial charge in [-0.2, -0.15) is 0 Å². The summed E-state index contributed by atoms with van der Waals surface area (Å²) in [6.45, 7) is 2.05. The van der Waals surface area contributed by atoms with Crippen molar-refractivity contribution in [3.63, 3.8) is 0 Å². The van der Waals surface area contributed by atoms with Gasteiger partial charge in [-0.05, 0) is 24.3 Å². The molecule has 0 radical (unpaired) electrons. The Balaban J connectivity index is 1.80. The van der Waals surface area contributed by atoms with Gasteiger partial charge in [0.05, 0.1) is 0 Å². The molecular weight excluding hydrogens is 262 g/mol. The van der Waals surface area contributed by atoms with Gasteiger partial charge in [0.1, 0.15) is 22.4 Å². The third-order valence-electron chi connectivity index (χ3n) is 3.03. The minimum atomic E-state index is -0.256. The van der Waals surface area contributed by atoms with Gasteiger partial charge in [0.15, 0.2) is 11.5 Å². The Kier molecular flexibility index (Phi) is 3.30. The molecule has 19 heavy (non-hydrogen) atoms. The summed E-state index contributed by atoms with van der Waals surface area (Å²) in [7, 11) is 0. The highest BCUT2D eigenvalue weighted by molar-refractivity contribution is 6.20. The summed E-state index contributed by atoms with van der Waals surface area (Å²) in [4.78, 5) is 4.41. The van der Waals surface area contributed by atoms with E-state index in [2.05, 4.69) is 4.98 Å². The maximum absolute atomic E-state index is 6.34. The number of benzene rings is 1. The van der Waals surface area contributed by atoms with Gasteiger partial charge in [0, 0.05) is 12.8 Å². The topological polar surface area (TPSA) is 39.2 Å². The summed E-state index contributed by atoms with van der Waals surface area (Å²) < 4.78 is 11.3. The summed E-state index contributed by atoms with van der Waals surface area (Å²) in [5.41, 5.74) is 1.64. The summed E-state index contributed by atoms with van der Waals surface area (Å²) in [6.07, 6.45) is 1.39. The highest BCUT2D eigenvalue weighted by atomic mass is 35.5. The average Bonchev–Trinajstić information content (AvgIpc) is 3.04. The second-order valence-electron chi connectivity index (χ2n) is 4.40. The first-order valence-corrected chi connectivity index (χ1v) is 6.77. The lowest BCUT2D eigenvalue weighted by atomic mass is 10.2. The molecule has 0 bridgehead atoms. The molecule has 1 aromatic carbocycles. The normalized spacial score (nSPS) is 12.9. The highest BCUT2D eigenvalue weighted by Gasteiger charge is 2.16. The Morgan fingerprint density at radius 2 is 2.00 bits per heavy atom. The minimum Gasteiger partial charge on any atom is -0.465 e. The molecule has 2 aromatic heterocycles. The quantitative estimate of drug-likeness (QED) is 0.658. The number of para-hydroxylation sites is 2. The van der Waals surface area contributed by atoms with Crippen LogP contribution in [0.5, 0.6) is 0 Å². The van der Waals surface area contributed by atoms with Crippen LogP contribution in [0.1, 0.15) is 29.7 Å². The Morgan fingerprint density at radius 1 is 1.16 bits per heavy atom. The molecule has 3 rings (SSSR count). The third-order valence-corrected chi connectivity index (χ3v) is 3.40. The number of furan rings is 1. The SMILES string of the molecule is CCc1ccc(C(Cl)Cc2nc3ccccc3o2)o1. The van der Waals surface area contributed by atoms with E-state index in [4.69, 9.17) is 20.4 Å². The van der Waals surface area contributed by atoms with Gasteiger partial charge >= 0.3 is 0 Å². The standard InChI is InChI=1S/C15H14ClNO2/c1-2-10-7-8-13(18-10)11(16)9-15-17-12-5-3-4-6-14(12)19-15/h3-8,11H,2,9H2,1H3. The van der Waals surface area contributed by atoms with E-state index in [1.54, 1.807) is 0 Å². The fourth-order valence-electron chi connectivity index (χ4n) is 2.01. The molecule has 0 saturated heterocycles. The van der Waals surface area contributed by atoms with Gasteiger partial charge < -0.3 is 8.83 Å². The van der Waals surface area contributed by atoms with Crippen LogP contribution in [0.3, 0.4) is 0 Å². The van der Waals surface area contributed by atoms with E-state index in [1.165, 1.54) is 0 Å². The van der Waals surface area contributed by atoms with Crippen LogP contribution >= 0.6 is 11.6 Å². The summed E-state index contributed by atoms with van der Waals surface area (Å²) in [5.74, 6) is 2.34. The van der Waals surface area contributed by atoms with Crippen LogP contribution in [0.25, 0.3) is 11.1 Å². The largest absolute Gasteiger partial charge is 0.465 e. The first-order chi connectivity index (χ1) is 9.26. The number of fused-ring (bicyclic) bond motifs is 1. The van der Waals surface area contributed by atoms with Crippen LogP contribution in [-0.2, 0) is 12.8 Å². The van der Waals surface area contributed by atoms with Crippen LogP contribution < -0.4 is 0 Å². The van der Waals surface area contributed by atoms with Crippen molar-refractivity contribution in [3.05, 3.63) is 53.8 Å². The van der Waals surface area contributed by atoms with Crippen molar-refractivity contribution in [2.45, 2.75) is 25.1 Å². The van der Waals surface area contributed by atoms with Gasteiger partial charge in [-0.15, -0.1) is 11.6 Å². The number of aryl methyl sites for hydroxylation is 1. The maximum atomic E-state index is 6.34. The third kappa shape index (κ3) is 2.51. The van der Waals surface area contributed by atoms with E-state index in [-0.39, 0.29) is 5.38 Å². The molecule has 0 aliphatic heterocycles. The van der Waals surface area contributed by atoms with Crippen LogP contribution in [-0.4, -0.2) is 4.98 Å². The predicted molar refractivity (Wildman–Crippen MR) is 74.4 cm³/mol. The van der Waals surface area contributed by atoms with E-state index < -0.39 is 0 Å².